The lowest BCUT2D eigenvalue weighted by molar-refractivity contribution is 0.0713. The van der Waals surface area contributed by atoms with Gasteiger partial charge in [-0.1, -0.05) is 6.07 Å². The highest BCUT2D eigenvalue weighted by Gasteiger charge is 2.48. The van der Waals surface area contributed by atoms with E-state index in [0.717, 1.165) is 22.0 Å². The summed E-state index contributed by atoms with van der Waals surface area (Å²) in [5, 5.41) is 28.6. The highest BCUT2D eigenvalue weighted by Crippen LogP contribution is 2.45. The highest BCUT2D eigenvalue weighted by molar-refractivity contribution is 5.96. The van der Waals surface area contributed by atoms with Gasteiger partial charge < -0.3 is 0 Å². The van der Waals surface area contributed by atoms with Crippen LogP contribution < -0.4 is 0 Å². The Morgan fingerprint density at radius 2 is 1.87 bits per heavy atom. The maximum atomic E-state index is 9.29. The maximum absolute atomic E-state index is 9.29. The summed E-state index contributed by atoms with van der Waals surface area (Å²) in [4.78, 5) is 14.8. The lowest BCUT2D eigenvalue weighted by Crippen LogP contribution is -2.47. The van der Waals surface area contributed by atoms with Crippen LogP contribution in [0.1, 0.15) is 19.3 Å². The molecule has 0 aliphatic heterocycles. The molecule has 0 atom stereocenters. The van der Waals surface area contributed by atoms with E-state index in [2.05, 4.69) is 32.2 Å². The topological polar surface area (TPSA) is 117 Å². The lowest BCUT2D eigenvalue weighted by atomic mass is 9.68. The first-order chi connectivity index (χ1) is 14.7. The molecule has 0 unspecified atom stereocenters. The van der Waals surface area contributed by atoms with Crippen molar-refractivity contribution in [2.45, 2.75) is 24.8 Å². The monoisotopic (exact) mass is 392 g/mol. The molecule has 0 N–H and O–H groups in total. The molecule has 0 amide bonds. The molecule has 1 fully saturated rings. The summed E-state index contributed by atoms with van der Waals surface area (Å²) in [5.41, 5.74) is 2.70. The average Bonchev–Trinajstić information content (AvgIpc) is 3.26. The van der Waals surface area contributed by atoms with Crippen LogP contribution in [-0.2, 0) is 5.54 Å². The smallest absolute Gasteiger partial charge is 0.159 e. The molecule has 0 spiro atoms. The summed E-state index contributed by atoms with van der Waals surface area (Å²) in [6.45, 7) is 0. The van der Waals surface area contributed by atoms with Gasteiger partial charge in [0.15, 0.2) is 5.82 Å². The van der Waals surface area contributed by atoms with E-state index in [4.69, 9.17) is 5.10 Å². The van der Waals surface area contributed by atoms with Crippen LogP contribution in [0.2, 0.25) is 0 Å². The Balaban J connectivity index is 1.62. The number of nitriles is 2. The average molecular weight is 392 g/mol. The van der Waals surface area contributed by atoms with E-state index in [1.54, 1.807) is 35.7 Å². The van der Waals surface area contributed by atoms with Crippen molar-refractivity contribution < 1.29 is 0 Å². The molecule has 144 valence electrons. The van der Waals surface area contributed by atoms with Crippen molar-refractivity contribution in [1.29, 1.82) is 10.5 Å². The molecule has 3 heterocycles. The molecule has 0 bridgehead atoms. The molecule has 0 radical (unpaired) electrons. The second-order valence-corrected chi connectivity index (χ2v) is 7.48. The summed E-state index contributed by atoms with van der Waals surface area (Å²) in [6, 6.07) is 14.1. The molecule has 3 aromatic heterocycles. The van der Waals surface area contributed by atoms with Gasteiger partial charge in [0.1, 0.15) is 5.69 Å². The van der Waals surface area contributed by atoms with Crippen LogP contribution in [0.3, 0.4) is 0 Å². The van der Waals surface area contributed by atoms with Gasteiger partial charge in [-0.3, -0.25) is 4.98 Å². The SMILES string of the molecule is N#CC[C@]1(n2ncc(-c3cc(-c4ncccn4)cc4ncccc34)n2)C[C@H](C#N)C1. The molecule has 0 saturated heterocycles. The number of nitrogens with zero attached hydrogens (tertiary/aromatic N) is 8. The van der Waals surface area contributed by atoms with Gasteiger partial charge in [-0.25, -0.2) is 9.97 Å². The normalized spacial score (nSPS) is 20.3. The number of pyridine rings is 1. The Bertz CT molecular complexity index is 1310. The zero-order valence-electron chi connectivity index (χ0n) is 16.0. The summed E-state index contributed by atoms with van der Waals surface area (Å²) in [6.07, 6.45) is 8.31. The van der Waals surface area contributed by atoms with Crippen molar-refractivity contribution in [3.8, 4) is 34.8 Å². The van der Waals surface area contributed by atoms with Crippen molar-refractivity contribution in [3.05, 3.63) is 55.1 Å². The third-order valence-electron chi connectivity index (χ3n) is 5.58. The molecule has 1 aliphatic rings. The fourth-order valence-electron chi connectivity index (χ4n) is 4.06. The minimum atomic E-state index is -0.512. The van der Waals surface area contributed by atoms with Crippen LogP contribution in [-0.4, -0.2) is 29.9 Å². The van der Waals surface area contributed by atoms with Crippen LogP contribution in [0, 0.1) is 28.6 Å². The lowest BCUT2D eigenvalue weighted by Gasteiger charge is -2.42. The number of rotatable bonds is 4. The molecule has 30 heavy (non-hydrogen) atoms. The molecule has 4 aromatic rings. The highest BCUT2D eigenvalue weighted by atomic mass is 15.5. The van der Waals surface area contributed by atoms with Crippen LogP contribution >= 0.6 is 0 Å². The minimum Gasteiger partial charge on any atom is -0.256 e. The fourth-order valence-corrected chi connectivity index (χ4v) is 4.06. The Morgan fingerprint density at radius 3 is 2.63 bits per heavy atom. The summed E-state index contributed by atoms with van der Waals surface area (Å²) < 4.78 is 0. The van der Waals surface area contributed by atoms with E-state index in [1.165, 1.54) is 0 Å². The first-order valence-electron chi connectivity index (χ1n) is 9.58. The number of aromatic nitrogens is 6. The Labute approximate surface area is 172 Å². The first-order valence-corrected chi connectivity index (χ1v) is 9.58. The van der Waals surface area contributed by atoms with Gasteiger partial charge in [0.2, 0.25) is 0 Å². The van der Waals surface area contributed by atoms with Crippen LogP contribution in [0.4, 0.5) is 0 Å². The quantitative estimate of drug-likeness (QED) is 0.522. The third kappa shape index (κ3) is 2.87. The number of benzene rings is 1. The number of hydrogen-bond acceptors (Lipinski definition) is 7. The second kappa shape index (κ2) is 7.02. The predicted octanol–water partition coefficient (Wildman–Crippen LogP) is 3.49. The maximum Gasteiger partial charge on any atom is 0.159 e. The van der Waals surface area contributed by atoms with Crippen molar-refractivity contribution in [3.63, 3.8) is 0 Å². The van der Waals surface area contributed by atoms with E-state index in [1.807, 2.05) is 24.3 Å². The van der Waals surface area contributed by atoms with Crippen LogP contribution in [0.15, 0.2) is 55.1 Å². The zero-order chi connectivity index (χ0) is 20.6. The van der Waals surface area contributed by atoms with Gasteiger partial charge >= 0.3 is 0 Å². The van der Waals surface area contributed by atoms with E-state index >= 15 is 0 Å². The van der Waals surface area contributed by atoms with E-state index in [9.17, 15) is 10.5 Å². The molecule has 8 heteroatoms. The number of fused-ring (bicyclic) bond motifs is 1. The van der Waals surface area contributed by atoms with Gasteiger partial charge in [-0.2, -0.15) is 25.5 Å². The first kappa shape index (κ1) is 17.9. The largest absolute Gasteiger partial charge is 0.256 e. The molecule has 5 rings (SSSR count). The van der Waals surface area contributed by atoms with Gasteiger partial charge in [-0.15, -0.1) is 0 Å². The molecule has 1 saturated carbocycles. The Kier molecular flexibility index (Phi) is 4.19. The minimum absolute atomic E-state index is 0.0589. The Morgan fingerprint density at radius 1 is 1.07 bits per heavy atom. The van der Waals surface area contributed by atoms with Gasteiger partial charge in [-0.05, 0) is 37.1 Å². The third-order valence-corrected chi connectivity index (χ3v) is 5.58. The van der Waals surface area contributed by atoms with Crippen molar-refractivity contribution >= 4 is 10.9 Å². The molecular formula is C22H16N8. The summed E-state index contributed by atoms with van der Waals surface area (Å²) in [7, 11) is 0. The van der Waals surface area contributed by atoms with E-state index in [0.29, 0.717) is 24.4 Å². The molecule has 1 aromatic carbocycles. The van der Waals surface area contributed by atoms with E-state index in [-0.39, 0.29) is 12.3 Å². The van der Waals surface area contributed by atoms with Crippen molar-refractivity contribution in [1.82, 2.24) is 29.9 Å². The second-order valence-electron chi connectivity index (χ2n) is 7.48. The molecular weight excluding hydrogens is 376 g/mol. The van der Waals surface area contributed by atoms with Crippen molar-refractivity contribution in [2.24, 2.45) is 5.92 Å². The zero-order valence-corrected chi connectivity index (χ0v) is 16.0. The standard InChI is InChI=1S/C22H16N8/c23-5-4-22(11-15(12-22)13-24)30-28-14-20(29-30)18-9-16(21-26-7-2-8-27-21)10-19-17(18)3-1-6-25-19/h1-3,6-10,14-15H,4,11-12H2/t15-,22-. The van der Waals surface area contributed by atoms with Gasteiger partial charge in [0.05, 0.1) is 41.7 Å². The fraction of sp³-hybridized carbons (Fsp3) is 0.227. The molecule has 1 aliphatic carbocycles. The van der Waals surface area contributed by atoms with Gasteiger partial charge in [0.25, 0.3) is 0 Å². The predicted molar refractivity (Wildman–Crippen MR) is 108 cm³/mol. The summed E-state index contributed by atoms with van der Waals surface area (Å²) in [5.74, 6) is 0.548. The van der Waals surface area contributed by atoms with Crippen LogP contribution in [0.5, 0.6) is 0 Å². The Hall–Kier alpha value is -4.17. The van der Waals surface area contributed by atoms with Gasteiger partial charge in [0, 0.05) is 35.1 Å². The van der Waals surface area contributed by atoms with E-state index < -0.39 is 5.54 Å². The van der Waals surface area contributed by atoms with Crippen LogP contribution in [0.25, 0.3) is 33.5 Å². The number of hydrogen-bond donors (Lipinski definition) is 0. The summed E-state index contributed by atoms with van der Waals surface area (Å²) >= 11 is 0. The molecule has 8 nitrogen and oxygen atoms in total. The van der Waals surface area contributed by atoms with Crippen molar-refractivity contribution in [2.75, 3.05) is 0 Å².